The highest BCUT2D eigenvalue weighted by atomic mass is 16.3. The highest BCUT2D eigenvalue weighted by molar-refractivity contribution is 5.80. The molecule has 0 spiro atoms. The first-order valence-electron chi connectivity index (χ1n) is 4.78. The number of benzene rings is 1. The molecule has 4 N–H and O–H groups in total. The summed E-state index contributed by atoms with van der Waals surface area (Å²) >= 11 is 0. The van der Waals surface area contributed by atoms with Crippen LogP contribution in [0.15, 0.2) is 18.3 Å². The van der Waals surface area contributed by atoms with Crippen LogP contribution in [0.5, 0.6) is 11.5 Å². The van der Waals surface area contributed by atoms with Crippen LogP contribution in [0.1, 0.15) is 5.56 Å². The quantitative estimate of drug-likeness (QED) is 0.676. The number of phenols is 2. The molecule has 0 aliphatic heterocycles. The molecule has 0 saturated heterocycles. The number of aromatic nitrogens is 2. The van der Waals surface area contributed by atoms with E-state index in [1.54, 1.807) is 7.05 Å². The third-order valence-corrected chi connectivity index (χ3v) is 2.51. The lowest BCUT2D eigenvalue weighted by atomic mass is 10.0. The van der Waals surface area contributed by atoms with Crippen LogP contribution in [0.3, 0.4) is 0 Å². The maximum Gasteiger partial charge on any atom is 0.137 e. The van der Waals surface area contributed by atoms with Gasteiger partial charge in [-0.3, -0.25) is 4.68 Å². The van der Waals surface area contributed by atoms with E-state index < -0.39 is 0 Å². The topological polar surface area (TPSA) is 108 Å². The number of aromatic hydroxyl groups is 2. The van der Waals surface area contributed by atoms with Gasteiger partial charge in [0.15, 0.2) is 0 Å². The fourth-order valence-corrected chi connectivity index (χ4v) is 1.54. The Bertz CT molecular complexity index is 625. The van der Waals surface area contributed by atoms with Crippen molar-refractivity contribution in [1.82, 2.24) is 9.78 Å². The first-order valence-corrected chi connectivity index (χ1v) is 4.78. The Morgan fingerprint density at radius 3 is 2.53 bits per heavy atom. The summed E-state index contributed by atoms with van der Waals surface area (Å²) in [5.74, 6) is -0.0488. The molecule has 1 aromatic carbocycles. The van der Waals surface area contributed by atoms with Gasteiger partial charge in [-0.05, 0) is 6.07 Å². The van der Waals surface area contributed by atoms with Crippen LogP contribution in [0.25, 0.3) is 11.1 Å². The molecule has 86 valence electrons. The maximum absolute atomic E-state index is 9.74. The van der Waals surface area contributed by atoms with Gasteiger partial charge < -0.3 is 15.9 Å². The summed E-state index contributed by atoms with van der Waals surface area (Å²) in [6.45, 7) is 0. The molecule has 0 bridgehead atoms. The molecule has 0 amide bonds. The van der Waals surface area contributed by atoms with Crippen LogP contribution in [0.2, 0.25) is 0 Å². The van der Waals surface area contributed by atoms with Crippen molar-refractivity contribution >= 4 is 5.82 Å². The highest BCUT2D eigenvalue weighted by Crippen LogP contribution is 2.36. The molecule has 2 aromatic rings. The lowest BCUT2D eigenvalue weighted by Crippen LogP contribution is -1.98. The largest absolute Gasteiger partial charge is 0.507 e. The Kier molecular flexibility index (Phi) is 2.37. The monoisotopic (exact) mass is 230 g/mol. The first-order chi connectivity index (χ1) is 8.04. The van der Waals surface area contributed by atoms with E-state index in [1.807, 2.05) is 6.07 Å². The van der Waals surface area contributed by atoms with Gasteiger partial charge >= 0.3 is 0 Å². The third kappa shape index (κ3) is 1.63. The predicted octanol–water partition coefficient (Wildman–Crippen LogP) is 0.952. The van der Waals surface area contributed by atoms with Crippen LogP contribution in [0, 0.1) is 11.3 Å². The van der Waals surface area contributed by atoms with E-state index in [4.69, 9.17) is 11.0 Å². The molecule has 0 aliphatic rings. The normalized spacial score (nSPS) is 10.1. The zero-order valence-electron chi connectivity index (χ0n) is 9.05. The summed E-state index contributed by atoms with van der Waals surface area (Å²) in [5, 5.41) is 31.9. The number of phenolic OH excluding ortho intramolecular Hbond substituents is 2. The Morgan fingerprint density at radius 2 is 2.00 bits per heavy atom. The van der Waals surface area contributed by atoms with Gasteiger partial charge in [-0.15, -0.1) is 0 Å². The number of hydrogen-bond donors (Lipinski definition) is 3. The molecule has 1 heterocycles. The Hall–Kier alpha value is -2.68. The Balaban J connectivity index is 2.68. The molecule has 0 aliphatic carbocycles. The number of nitrogen functional groups attached to an aromatic ring is 1. The smallest absolute Gasteiger partial charge is 0.137 e. The summed E-state index contributed by atoms with van der Waals surface area (Å²) < 4.78 is 1.45. The second-order valence-electron chi connectivity index (χ2n) is 3.57. The van der Waals surface area contributed by atoms with Crippen molar-refractivity contribution in [2.75, 3.05) is 5.73 Å². The minimum atomic E-state index is -0.267. The van der Waals surface area contributed by atoms with E-state index in [0.717, 1.165) is 6.07 Å². The minimum absolute atomic E-state index is 0.0704. The average molecular weight is 230 g/mol. The summed E-state index contributed by atoms with van der Waals surface area (Å²) in [6, 6.07) is 4.31. The van der Waals surface area contributed by atoms with Gasteiger partial charge in [0, 0.05) is 24.2 Å². The molecule has 0 radical (unpaired) electrons. The lowest BCUT2D eigenvalue weighted by molar-refractivity contribution is 0.450. The number of aryl methyl sites for hydroxylation is 1. The van der Waals surface area contributed by atoms with Gasteiger partial charge in [-0.1, -0.05) is 0 Å². The fraction of sp³-hybridized carbons (Fsp3) is 0.0909. The zero-order valence-corrected chi connectivity index (χ0v) is 9.05. The SMILES string of the molecule is Cn1ncc(-c2cc(C#N)c(O)cc2O)c1N. The van der Waals surface area contributed by atoms with Crippen molar-refractivity contribution in [2.24, 2.45) is 7.05 Å². The average Bonchev–Trinajstić information content (AvgIpc) is 2.61. The van der Waals surface area contributed by atoms with Crippen LogP contribution in [-0.4, -0.2) is 20.0 Å². The number of hydrogen-bond acceptors (Lipinski definition) is 5. The Labute approximate surface area is 97.1 Å². The minimum Gasteiger partial charge on any atom is -0.507 e. The number of nitrogens with two attached hydrogens (primary N) is 1. The molecule has 17 heavy (non-hydrogen) atoms. The summed E-state index contributed by atoms with van der Waals surface area (Å²) in [4.78, 5) is 0. The molecule has 6 nitrogen and oxygen atoms in total. The first kappa shape index (κ1) is 10.8. The van der Waals surface area contributed by atoms with Gasteiger partial charge in [0.05, 0.1) is 11.8 Å². The van der Waals surface area contributed by atoms with Gasteiger partial charge in [0.25, 0.3) is 0 Å². The van der Waals surface area contributed by atoms with Crippen LogP contribution in [-0.2, 0) is 7.05 Å². The highest BCUT2D eigenvalue weighted by Gasteiger charge is 2.14. The molecule has 0 saturated carbocycles. The molecule has 1 aromatic heterocycles. The van der Waals surface area contributed by atoms with E-state index in [0.29, 0.717) is 16.9 Å². The zero-order chi connectivity index (χ0) is 12.6. The van der Waals surface area contributed by atoms with E-state index in [-0.39, 0.29) is 17.1 Å². The molecule has 0 atom stereocenters. The predicted molar refractivity (Wildman–Crippen MR) is 61.1 cm³/mol. The second-order valence-corrected chi connectivity index (χ2v) is 3.57. The maximum atomic E-state index is 9.74. The number of nitrogens with zero attached hydrogens (tertiary/aromatic N) is 3. The van der Waals surface area contributed by atoms with Crippen LogP contribution >= 0.6 is 0 Å². The second kappa shape index (κ2) is 3.72. The number of rotatable bonds is 1. The molecular weight excluding hydrogens is 220 g/mol. The van der Waals surface area contributed by atoms with E-state index in [1.165, 1.54) is 16.9 Å². The van der Waals surface area contributed by atoms with Crippen LogP contribution in [0.4, 0.5) is 5.82 Å². The van der Waals surface area contributed by atoms with Gasteiger partial charge in [0.2, 0.25) is 0 Å². The van der Waals surface area contributed by atoms with Crippen molar-refractivity contribution in [3.8, 4) is 28.7 Å². The summed E-state index contributed by atoms with van der Waals surface area (Å²) in [7, 11) is 1.67. The lowest BCUT2D eigenvalue weighted by Gasteiger charge is -2.06. The summed E-state index contributed by atoms with van der Waals surface area (Å²) in [5.41, 5.74) is 6.73. The van der Waals surface area contributed by atoms with Crippen molar-refractivity contribution in [3.05, 3.63) is 23.9 Å². The molecular formula is C11H10N4O2. The van der Waals surface area contributed by atoms with Crippen molar-refractivity contribution in [1.29, 1.82) is 5.26 Å². The van der Waals surface area contributed by atoms with E-state index >= 15 is 0 Å². The Morgan fingerprint density at radius 1 is 1.29 bits per heavy atom. The molecule has 0 unspecified atom stereocenters. The van der Waals surface area contributed by atoms with Crippen molar-refractivity contribution in [2.45, 2.75) is 0 Å². The van der Waals surface area contributed by atoms with E-state index in [2.05, 4.69) is 5.10 Å². The molecule has 0 fully saturated rings. The fourth-order valence-electron chi connectivity index (χ4n) is 1.54. The van der Waals surface area contributed by atoms with Crippen molar-refractivity contribution in [3.63, 3.8) is 0 Å². The van der Waals surface area contributed by atoms with Gasteiger partial charge in [-0.25, -0.2) is 0 Å². The summed E-state index contributed by atoms with van der Waals surface area (Å²) in [6.07, 6.45) is 1.49. The molecule has 2 rings (SSSR count). The van der Waals surface area contributed by atoms with Gasteiger partial charge in [0.1, 0.15) is 23.4 Å². The van der Waals surface area contributed by atoms with E-state index in [9.17, 15) is 10.2 Å². The number of nitriles is 1. The molecule has 6 heteroatoms. The third-order valence-electron chi connectivity index (χ3n) is 2.51. The van der Waals surface area contributed by atoms with Crippen LogP contribution < -0.4 is 5.73 Å². The number of anilines is 1. The van der Waals surface area contributed by atoms with Gasteiger partial charge in [-0.2, -0.15) is 10.4 Å². The standard InChI is InChI=1S/C11H10N4O2/c1-15-11(13)8(5-14-15)7-2-6(4-12)9(16)3-10(7)17/h2-3,5,16-17H,13H2,1H3. The van der Waals surface area contributed by atoms with Crippen molar-refractivity contribution < 1.29 is 10.2 Å².